The van der Waals surface area contributed by atoms with Gasteiger partial charge in [-0.15, -0.1) is 0 Å². The molecule has 0 aromatic heterocycles. The van der Waals surface area contributed by atoms with Gasteiger partial charge in [0.1, 0.15) is 24.1 Å². The first-order valence-electron chi connectivity index (χ1n) is 9.01. The molecule has 1 aliphatic rings. The molecule has 2 rings (SSSR count). The molecule has 1 saturated heterocycles. The molecule has 0 amide bonds. The molecule has 7 heteroatoms. The highest BCUT2D eigenvalue weighted by Crippen LogP contribution is 2.37. The largest absolute Gasteiger partial charge is 0.479 e. The summed E-state index contributed by atoms with van der Waals surface area (Å²) in [4.78, 5) is 11.2. The van der Waals surface area contributed by atoms with Gasteiger partial charge in [0.15, 0.2) is 6.10 Å². The molecule has 4 N–H and O–H groups in total. The lowest BCUT2D eigenvalue weighted by molar-refractivity contribution is -0.271. The van der Waals surface area contributed by atoms with Crippen LogP contribution in [0.4, 0.5) is 0 Å². The molecule has 1 aromatic rings. The maximum absolute atomic E-state index is 11.2. The molecule has 0 aliphatic carbocycles. The van der Waals surface area contributed by atoms with Crippen molar-refractivity contribution in [1.29, 1.82) is 0 Å². The van der Waals surface area contributed by atoms with E-state index in [4.69, 9.17) is 14.6 Å². The number of carbonyl (C=O) groups is 1. The Morgan fingerprint density at radius 2 is 1.56 bits per heavy atom. The van der Waals surface area contributed by atoms with Crippen LogP contribution >= 0.6 is 0 Å². The van der Waals surface area contributed by atoms with Crippen LogP contribution < -0.4 is 4.74 Å². The van der Waals surface area contributed by atoms with E-state index in [1.165, 1.54) is 0 Å². The van der Waals surface area contributed by atoms with E-state index in [-0.39, 0.29) is 10.8 Å². The second-order valence-corrected chi connectivity index (χ2v) is 9.00. The van der Waals surface area contributed by atoms with Crippen LogP contribution in [-0.2, 0) is 14.9 Å². The number of aliphatic carboxylic acids is 1. The molecule has 1 aromatic carbocycles. The highest BCUT2D eigenvalue weighted by atomic mass is 16.7. The third kappa shape index (κ3) is 5.19. The van der Waals surface area contributed by atoms with E-state index >= 15 is 0 Å². The van der Waals surface area contributed by atoms with E-state index in [1.807, 2.05) is 12.1 Å². The zero-order valence-electron chi connectivity index (χ0n) is 16.4. The predicted molar refractivity (Wildman–Crippen MR) is 98.5 cm³/mol. The quantitative estimate of drug-likeness (QED) is 0.612. The minimum absolute atomic E-state index is 0.0493. The number of ether oxygens (including phenoxy) is 2. The molecule has 1 fully saturated rings. The lowest BCUT2D eigenvalue weighted by Gasteiger charge is -2.38. The fourth-order valence-corrected chi connectivity index (χ4v) is 3.70. The lowest BCUT2D eigenvalue weighted by atomic mass is 9.72. The molecule has 7 nitrogen and oxygen atoms in total. The maximum atomic E-state index is 11.2. The van der Waals surface area contributed by atoms with E-state index in [0.717, 1.165) is 12.0 Å². The fourth-order valence-electron chi connectivity index (χ4n) is 3.70. The Kier molecular flexibility index (Phi) is 6.21. The van der Waals surface area contributed by atoms with Crippen LogP contribution in [0.5, 0.6) is 5.75 Å². The minimum atomic E-state index is -1.74. The summed E-state index contributed by atoms with van der Waals surface area (Å²) in [6.45, 7) is 10.9. The van der Waals surface area contributed by atoms with Crippen molar-refractivity contribution in [3.63, 3.8) is 0 Å². The Bertz CT molecular complexity index is 647. The van der Waals surface area contributed by atoms with Crippen molar-refractivity contribution in [3.05, 3.63) is 29.8 Å². The lowest BCUT2D eigenvalue weighted by Crippen LogP contribution is -2.61. The first-order valence-corrected chi connectivity index (χ1v) is 9.01. The zero-order chi connectivity index (χ0) is 20.6. The van der Waals surface area contributed by atoms with Crippen molar-refractivity contribution in [2.24, 2.45) is 5.41 Å². The van der Waals surface area contributed by atoms with E-state index < -0.39 is 36.7 Å². The van der Waals surface area contributed by atoms with E-state index in [9.17, 15) is 20.1 Å². The topological polar surface area (TPSA) is 116 Å². The number of aliphatic hydroxyl groups is 3. The SMILES string of the molecule is CC(C)(C)CC(C)(C)c1ccc(O[C@@H]2O[C@H](C(=O)O)[C@@H](O)[C@H](O)[C@H]2O)cc1. The van der Waals surface area contributed by atoms with Crippen LogP contribution in [0.1, 0.15) is 46.6 Å². The summed E-state index contributed by atoms with van der Waals surface area (Å²) in [5.41, 5.74) is 1.24. The molecular formula is C20H30O7. The van der Waals surface area contributed by atoms with Crippen molar-refractivity contribution < 1.29 is 34.7 Å². The minimum Gasteiger partial charge on any atom is -0.479 e. The first-order chi connectivity index (χ1) is 12.3. The number of rotatable bonds is 5. The fraction of sp³-hybridized carbons (Fsp3) is 0.650. The summed E-state index contributed by atoms with van der Waals surface area (Å²) in [5.74, 6) is -1.08. The highest BCUT2D eigenvalue weighted by Gasteiger charge is 2.48. The van der Waals surface area contributed by atoms with Crippen LogP contribution in [0.3, 0.4) is 0 Å². The first kappa shape index (κ1) is 21.6. The van der Waals surface area contributed by atoms with Gasteiger partial charge in [0.2, 0.25) is 6.29 Å². The van der Waals surface area contributed by atoms with Gasteiger partial charge in [0.05, 0.1) is 0 Å². The Hall–Kier alpha value is -1.67. The van der Waals surface area contributed by atoms with Gasteiger partial charge in [-0.05, 0) is 34.9 Å². The van der Waals surface area contributed by atoms with E-state index in [2.05, 4.69) is 34.6 Å². The Morgan fingerprint density at radius 3 is 2.04 bits per heavy atom. The molecular weight excluding hydrogens is 352 g/mol. The number of hydrogen-bond acceptors (Lipinski definition) is 6. The molecule has 0 unspecified atom stereocenters. The Labute approximate surface area is 159 Å². The van der Waals surface area contributed by atoms with Gasteiger partial charge in [0, 0.05) is 0 Å². The average molecular weight is 382 g/mol. The van der Waals surface area contributed by atoms with Crippen LogP contribution in [-0.4, -0.2) is 57.1 Å². The number of benzene rings is 1. The van der Waals surface area contributed by atoms with Crippen LogP contribution in [0.15, 0.2) is 24.3 Å². The van der Waals surface area contributed by atoms with Crippen molar-refractivity contribution >= 4 is 5.97 Å². The standard InChI is InChI=1S/C20H30O7/c1-19(2,3)10-20(4,5)11-6-8-12(9-7-11)26-18-15(23)13(21)14(22)16(27-18)17(24)25/h6-9,13-16,18,21-23H,10H2,1-5H3,(H,24,25)/t13-,14-,15+,16-,18+/m0/s1. The number of hydrogen-bond donors (Lipinski definition) is 4. The van der Waals surface area contributed by atoms with Gasteiger partial charge in [0.25, 0.3) is 0 Å². The molecule has 152 valence electrons. The molecule has 27 heavy (non-hydrogen) atoms. The second kappa shape index (κ2) is 7.75. The van der Waals surface area contributed by atoms with Crippen LogP contribution in [0.25, 0.3) is 0 Å². The smallest absolute Gasteiger partial charge is 0.335 e. The molecule has 0 radical (unpaired) electrons. The number of aliphatic hydroxyl groups excluding tert-OH is 3. The zero-order valence-corrected chi connectivity index (χ0v) is 16.4. The van der Waals surface area contributed by atoms with Gasteiger partial charge >= 0.3 is 5.97 Å². The summed E-state index contributed by atoms with van der Waals surface area (Å²) < 4.78 is 10.7. The monoisotopic (exact) mass is 382 g/mol. The van der Waals surface area contributed by atoms with Crippen LogP contribution in [0.2, 0.25) is 0 Å². The second-order valence-electron chi connectivity index (χ2n) is 9.00. The Morgan fingerprint density at radius 1 is 1.00 bits per heavy atom. The summed E-state index contributed by atoms with van der Waals surface area (Å²) in [6.07, 6.45) is -7.11. The van der Waals surface area contributed by atoms with Gasteiger partial charge in [-0.25, -0.2) is 4.79 Å². The van der Waals surface area contributed by atoms with E-state index in [1.54, 1.807) is 12.1 Å². The van der Waals surface area contributed by atoms with Gasteiger partial charge in [-0.1, -0.05) is 46.8 Å². The summed E-state index contributed by atoms with van der Waals surface area (Å²) in [7, 11) is 0. The molecule has 0 bridgehead atoms. The third-order valence-electron chi connectivity index (χ3n) is 4.67. The number of carboxylic acid groups (broad SMARTS) is 1. The van der Waals surface area contributed by atoms with E-state index in [0.29, 0.717) is 5.75 Å². The van der Waals surface area contributed by atoms with Gasteiger partial charge in [-0.2, -0.15) is 0 Å². The summed E-state index contributed by atoms with van der Waals surface area (Å²) in [6, 6.07) is 7.25. The molecule has 0 spiro atoms. The highest BCUT2D eigenvalue weighted by molar-refractivity contribution is 5.73. The third-order valence-corrected chi connectivity index (χ3v) is 4.67. The summed E-state index contributed by atoms with van der Waals surface area (Å²) >= 11 is 0. The molecule has 5 atom stereocenters. The van der Waals surface area contributed by atoms with Gasteiger partial charge < -0.3 is 29.9 Å². The number of carboxylic acids is 1. The normalized spacial score (nSPS) is 29.4. The van der Waals surface area contributed by atoms with Crippen LogP contribution in [0, 0.1) is 5.41 Å². The molecule has 1 heterocycles. The summed E-state index contributed by atoms with van der Waals surface area (Å²) in [5, 5.41) is 38.7. The average Bonchev–Trinajstić information content (AvgIpc) is 2.53. The Balaban J connectivity index is 2.12. The van der Waals surface area contributed by atoms with Gasteiger partial charge in [-0.3, -0.25) is 0 Å². The maximum Gasteiger partial charge on any atom is 0.335 e. The molecule has 0 saturated carbocycles. The van der Waals surface area contributed by atoms with Crippen molar-refractivity contribution in [3.8, 4) is 5.75 Å². The predicted octanol–water partition coefficient (Wildman–Crippen LogP) is 1.67. The van der Waals surface area contributed by atoms with Crippen molar-refractivity contribution in [2.75, 3.05) is 0 Å². The molecule has 1 aliphatic heterocycles. The van der Waals surface area contributed by atoms with Crippen molar-refractivity contribution in [1.82, 2.24) is 0 Å². The van der Waals surface area contributed by atoms with Crippen molar-refractivity contribution in [2.45, 2.75) is 77.2 Å².